The molecule has 4 rings (SSSR count). The Labute approximate surface area is 160 Å². The molecule has 2 heterocycles. The number of amides is 1. The van der Waals surface area contributed by atoms with E-state index in [4.69, 9.17) is 11.6 Å². The fourth-order valence-electron chi connectivity index (χ4n) is 2.65. The third kappa shape index (κ3) is 4.04. The molecule has 1 amide bonds. The monoisotopic (exact) mass is 378 g/mol. The van der Waals surface area contributed by atoms with Crippen molar-refractivity contribution in [1.29, 1.82) is 0 Å². The van der Waals surface area contributed by atoms with Gasteiger partial charge in [-0.2, -0.15) is 10.2 Å². The molecule has 4 aromatic rings. The zero-order valence-electron chi connectivity index (χ0n) is 14.2. The number of carbonyl (C=O) groups excluding carboxylic acids is 1. The van der Waals surface area contributed by atoms with Crippen LogP contribution in [0.1, 0.15) is 15.9 Å². The van der Waals surface area contributed by atoms with Crippen LogP contribution in [0.2, 0.25) is 5.02 Å². The quantitative estimate of drug-likeness (QED) is 0.577. The zero-order valence-corrected chi connectivity index (χ0v) is 14.9. The van der Waals surface area contributed by atoms with E-state index >= 15 is 0 Å². The molecule has 7 nitrogen and oxygen atoms in total. The van der Waals surface area contributed by atoms with Gasteiger partial charge in [-0.1, -0.05) is 29.8 Å². The van der Waals surface area contributed by atoms with Gasteiger partial charge in [0.1, 0.15) is 12.7 Å². The normalized spacial score (nSPS) is 10.7. The van der Waals surface area contributed by atoms with E-state index in [2.05, 4.69) is 20.5 Å². The molecule has 1 N–H and O–H groups in total. The molecule has 0 radical (unpaired) electrons. The summed E-state index contributed by atoms with van der Waals surface area (Å²) < 4.78 is 3.33. The van der Waals surface area contributed by atoms with Crippen molar-refractivity contribution in [3.8, 4) is 5.69 Å². The average molecular weight is 379 g/mol. The van der Waals surface area contributed by atoms with E-state index < -0.39 is 0 Å². The smallest absolute Gasteiger partial charge is 0.258 e. The van der Waals surface area contributed by atoms with Crippen LogP contribution in [-0.2, 0) is 6.54 Å². The first-order chi connectivity index (χ1) is 13.2. The van der Waals surface area contributed by atoms with Crippen LogP contribution in [0.5, 0.6) is 0 Å². The Morgan fingerprint density at radius 1 is 1.11 bits per heavy atom. The lowest BCUT2D eigenvalue weighted by molar-refractivity contribution is 0.102. The predicted octanol–water partition coefficient (Wildman–Crippen LogP) is 3.42. The zero-order chi connectivity index (χ0) is 18.6. The van der Waals surface area contributed by atoms with Crippen molar-refractivity contribution in [1.82, 2.24) is 24.5 Å². The van der Waals surface area contributed by atoms with Gasteiger partial charge in [0, 0.05) is 16.9 Å². The number of hydrogen-bond donors (Lipinski definition) is 1. The van der Waals surface area contributed by atoms with Crippen molar-refractivity contribution >= 4 is 23.2 Å². The van der Waals surface area contributed by atoms with Gasteiger partial charge >= 0.3 is 0 Å². The summed E-state index contributed by atoms with van der Waals surface area (Å²) in [6.45, 7) is 0.580. The van der Waals surface area contributed by atoms with Crippen molar-refractivity contribution in [2.75, 3.05) is 5.32 Å². The average Bonchev–Trinajstić information content (AvgIpc) is 3.34. The van der Waals surface area contributed by atoms with Gasteiger partial charge in [-0.15, -0.1) is 0 Å². The topological polar surface area (TPSA) is 77.6 Å². The van der Waals surface area contributed by atoms with Crippen LogP contribution in [0.4, 0.5) is 5.69 Å². The fourth-order valence-corrected chi connectivity index (χ4v) is 2.84. The molecule has 0 saturated carbocycles. The van der Waals surface area contributed by atoms with E-state index in [1.807, 2.05) is 36.4 Å². The van der Waals surface area contributed by atoms with E-state index in [0.717, 1.165) is 11.3 Å². The number of hydrogen-bond acceptors (Lipinski definition) is 4. The second kappa shape index (κ2) is 7.43. The van der Waals surface area contributed by atoms with Gasteiger partial charge in [-0.25, -0.2) is 14.3 Å². The Morgan fingerprint density at radius 3 is 2.81 bits per heavy atom. The van der Waals surface area contributed by atoms with Crippen LogP contribution >= 0.6 is 11.6 Å². The Bertz CT molecular complexity index is 1070. The van der Waals surface area contributed by atoms with E-state index in [9.17, 15) is 4.79 Å². The van der Waals surface area contributed by atoms with Gasteiger partial charge in [-0.3, -0.25) is 4.79 Å². The van der Waals surface area contributed by atoms with Gasteiger partial charge in [-0.05, 0) is 35.9 Å². The molecule has 134 valence electrons. The number of anilines is 1. The minimum absolute atomic E-state index is 0.235. The van der Waals surface area contributed by atoms with Crippen molar-refractivity contribution in [3.05, 3.63) is 89.7 Å². The summed E-state index contributed by atoms with van der Waals surface area (Å²) in [5, 5.41) is 11.8. The highest BCUT2D eigenvalue weighted by molar-refractivity contribution is 6.30. The SMILES string of the molecule is O=C(Nc1cccc(Cn2cncn2)c1)c1cnn(-c2cccc(Cl)c2)c1. The highest BCUT2D eigenvalue weighted by Crippen LogP contribution is 2.16. The van der Waals surface area contributed by atoms with Crippen LogP contribution in [0, 0.1) is 0 Å². The van der Waals surface area contributed by atoms with Gasteiger partial charge in [0.05, 0.1) is 24.0 Å². The van der Waals surface area contributed by atoms with Crippen LogP contribution in [-0.4, -0.2) is 30.5 Å². The number of benzene rings is 2. The van der Waals surface area contributed by atoms with Crippen LogP contribution < -0.4 is 5.32 Å². The second-order valence-electron chi connectivity index (χ2n) is 5.90. The van der Waals surface area contributed by atoms with Crippen LogP contribution in [0.15, 0.2) is 73.6 Å². The first-order valence-electron chi connectivity index (χ1n) is 8.21. The van der Waals surface area contributed by atoms with Crippen LogP contribution in [0.25, 0.3) is 5.69 Å². The molecule has 0 bridgehead atoms. The maximum atomic E-state index is 12.5. The number of nitrogens with one attached hydrogen (secondary N) is 1. The molecule has 0 aliphatic carbocycles. The molecular formula is C19H15ClN6O. The first-order valence-corrected chi connectivity index (χ1v) is 8.58. The summed E-state index contributed by atoms with van der Waals surface area (Å²) >= 11 is 6.01. The molecule has 0 atom stereocenters. The highest BCUT2D eigenvalue weighted by Gasteiger charge is 2.10. The number of rotatable bonds is 5. The summed E-state index contributed by atoms with van der Waals surface area (Å²) in [5.74, 6) is -0.235. The Morgan fingerprint density at radius 2 is 2.00 bits per heavy atom. The van der Waals surface area contributed by atoms with E-state index in [-0.39, 0.29) is 5.91 Å². The maximum Gasteiger partial charge on any atom is 0.258 e. The molecule has 2 aromatic carbocycles. The van der Waals surface area contributed by atoms with Gasteiger partial charge < -0.3 is 5.32 Å². The summed E-state index contributed by atoms with van der Waals surface area (Å²) in [5.41, 5.74) is 2.95. The second-order valence-corrected chi connectivity index (χ2v) is 6.34. The molecule has 0 unspecified atom stereocenters. The minimum Gasteiger partial charge on any atom is -0.322 e. The molecule has 2 aromatic heterocycles. The lowest BCUT2D eigenvalue weighted by Gasteiger charge is -2.07. The largest absolute Gasteiger partial charge is 0.322 e. The molecule has 0 fully saturated rings. The highest BCUT2D eigenvalue weighted by atomic mass is 35.5. The molecule has 0 spiro atoms. The molecule has 0 aliphatic rings. The maximum absolute atomic E-state index is 12.5. The van der Waals surface area contributed by atoms with Crippen LogP contribution in [0.3, 0.4) is 0 Å². The van der Waals surface area contributed by atoms with E-state index in [1.54, 1.807) is 34.0 Å². The van der Waals surface area contributed by atoms with E-state index in [0.29, 0.717) is 22.8 Å². The molecule has 8 heteroatoms. The molecular weight excluding hydrogens is 364 g/mol. The first kappa shape index (κ1) is 17.0. The van der Waals surface area contributed by atoms with Crippen molar-refractivity contribution < 1.29 is 4.79 Å². The number of aromatic nitrogens is 5. The predicted molar refractivity (Wildman–Crippen MR) is 102 cm³/mol. The lowest BCUT2D eigenvalue weighted by atomic mass is 10.2. The molecule has 27 heavy (non-hydrogen) atoms. The molecule has 0 aliphatic heterocycles. The summed E-state index contributed by atoms with van der Waals surface area (Å²) in [7, 11) is 0. The Kier molecular flexibility index (Phi) is 4.67. The number of nitrogens with zero attached hydrogens (tertiary/aromatic N) is 5. The number of carbonyl (C=O) groups is 1. The van der Waals surface area contributed by atoms with E-state index in [1.165, 1.54) is 12.5 Å². The fraction of sp³-hybridized carbons (Fsp3) is 0.0526. The standard InChI is InChI=1S/C19H15ClN6O/c20-16-4-2-6-18(8-16)26-11-15(9-22-26)19(27)24-17-5-1-3-14(7-17)10-25-13-21-12-23-25/h1-9,11-13H,10H2,(H,24,27). The van der Waals surface area contributed by atoms with Crippen molar-refractivity contribution in [2.24, 2.45) is 0 Å². The summed E-state index contributed by atoms with van der Waals surface area (Å²) in [6, 6.07) is 14.9. The van der Waals surface area contributed by atoms with Gasteiger partial charge in [0.25, 0.3) is 5.91 Å². The number of halogens is 1. The summed E-state index contributed by atoms with van der Waals surface area (Å²) in [6.07, 6.45) is 6.33. The molecule has 0 saturated heterocycles. The van der Waals surface area contributed by atoms with Gasteiger partial charge in [0.2, 0.25) is 0 Å². The van der Waals surface area contributed by atoms with Gasteiger partial charge in [0.15, 0.2) is 0 Å². The minimum atomic E-state index is -0.235. The van der Waals surface area contributed by atoms with Crippen molar-refractivity contribution in [2.45, 2.75) is 6.54 Å². The summed E-state index contributed by atoms with van der Waals surface area (Å²) in [4.78, 5) is 16.5. The van der Waals surface area contributed by atoms with Crippen molar-refractivity contribution in [3.63, 3.8) is 0 Å². The third-order valence-electron chi connectivity index (χ3n) is 3.91. The third-order valence-corrected chi connectivity index (χ3v) is 4.15. The Hall–Kier alpha value is -3.45. The lowest BCUT2D eigenvalue weighted by Crippen LogP contribution is -2.11. The Balaban J connectivity index is 1.48.